The first-order valence-electron chi connectivity index (χ1n) is 9.45. The van der Waals surface area contributed by atoms with Gasteiger partial charge >= 0.3 is 5.97 Å². The van der Waals surface area contributed by atoms with E-state index in [0.717, 1.165) is 56.2 Å². The molecule has 1 aromatic carbocycles. The maximum absolute atomic E-state index is 11.7. The Kier molecular flexibility index (Phi) is 11.2. The summed E-state index contributed by atoms with van der Waals surface area (Å²) in [5.41, 5.74) is 1.15. The van der Waals surface area contributed by atoms with E-state index in [2.05, 4.69) is 30.1 Å². The lowest BCUT2D eigenvalue weighted by atomic mass is 9.97. The average molecular weight is 489 g/mol. The van der Waals surface area contributed by atoms with Crippen LogP contribution >= 0.6 is 24.0 Å². The molecule has 6 nitrogen and oxygen atoms in total. The van der Waals surface area contributed by atoms with E-state index in [1.165, 1.54) is 7.11 Å². The molecule has 7 heteroatoms. The lowest BCUT2D eigenvalue weighted by molar-refractivity contribution is -0.146. The van der Waals surface area contributed by atoms with Crippen LogP contribution in [-0.2, 0) is 9.53 Å². The van der Waals surface area contributed by atoms with E-state index in [1.807, 2.05) is 18.2 Å². The van der Waals surface area contributed by atoms with E-state index in [0.29, 0.717) is 13.2 Å². The number of benzene rings is 1. The van der Waals surface area contributed by atoms with Crippen molar-refractivity contribution in [3.05, 3.63) is 29.8 Å². The molecule has 27 heavy (non-hydrogen) atoms. The molecule has 1 heterocycles. The van der Waals surface area contributed by atoms with E-state index in [-0.39, 0.29) is 35.9 Å². The summed E-state index contributed by atoms with van der Waals surface area (Å²) in [6.45, 7) is 7.96. The molecule has 0 spiro atoms. The highest BCUT2D eigenvalue weighted by Gasteiger charge is 2.26. The lowest BCUT2D eigenvalue weighted by Crippen LogP contribution is -2.46. The Balaban J connectivity index is 0.00000364. The Labute approximate surface area is 179 Å². The van der Waals surface area contributed by atoms with Crippen molar-refractivity contribution in [3.8, 4) is 5.75 Å². The molecule has 0 aromatic heterocycles. The predicted octanol–water partition coefficient (Wildman–Crippen LogP) is 3.23. The Bertz CT molecular complexity index is 602. The number of para-hydroxylation sites is 1. The second-order valence-corrected chi connectivity index (χ2v) is 6.49. The standard InChI is InChI=1S/C20H31N3O3.HI/c1-4-21-20(23-13-10-17(11-14-23)19(24)25-3)22-12-7-15-26-18-9-6-5-8-16(18)2;/h5-6,8-9,17H,4,7,10-15H2,1-3H3,(H,21,22);1H. The maximum atomic E-state index is 11.7. The predicted molar refractivity (Wildman–Crippen MR) is 119 cm³/mol. The molecule has 0 radical (unpaired) electrons. The molecule has 0 saturated carbocycles. The van der Waals surface area contributed by atoms with E-state index in [9.17, 15) is 4.79 Å². The van der Waals surface area contributed by atoms with Crippen molar-refractivity contribution < 1.29 is 14.3 Å². The van der Waals surface area contributed by atoms with Crippen LogP contribution in [0.25, 0.3) is 0 Å². The molecule has 1 aliphatic rings. The SMILES string of the molecule is CCNC(=NCCCOc1ccccc1C)N1CCC(C(=O)OC)CC1.I. The minimum Gasteiger partial charge on any atom is -0.493 e. The van der Waals surface area contributed by atoms with Crippen molar-refractivity contribution in [1.29, 1.82) is 0 Å². The minimum absolute atomic E-state index is 0. The van der Waals surface area contributed by atoms with Crippen LogP contribution in [0.5, 0.6) is 5.75 Å². The molecule has 1 fully saturated rings. The van der Waals surface area contributed by atoms with E-state index in [1.54, 1.807) is 0 Å². The number of carbonyl (C=O) groups is 1. The van der Waals surface area contributed by atoms with Gasteiger partial charge in [0.1, 0.15) is 5.75 Å². The number of likely N-dealkylation sites (tertiary alicyclic amines) is 1. The van der Waals surface area contributed by atoms with Gasteiger partial charge in [0.05, 0.1) is 19.6 Å². The third-order valence-corrected chi connectivity index (χ3v) is 4.58. The van der Waals surface area contributed by atoms with Gasteiger partial charge in [-0.15, -0.1) is 24.0 Å². The zero-order valence-electron chi connectivity index (χ0n) is 16.6. The molecule has 0 aliphatic carbocycles. The number of hydrogen-bond donors (Lipinski definition) is 1. The second kappa shape index (κ2) is 12.8. The molecule has 1 N–H and O–H groups in total. The molecular formula is C20H32IN3O3. The van der Waals surface area contributed by atoms with Gasteiger partial charge in [0.2, 0.25) is 0 Å². The van der Waals surface area contributed by atoms with Crippen LogP contribution in [0.2, 0.25) is 0 Å². The van der Waals surface area contributed by atoms with Crippen molar-refractivity contribution in [2.75, 3.05) is 39.9 Å². The monoisotopic (exact) mass is 489 g/mol. The number of esters is 1. The van der Waals surface area contributed by atoms with Gasteiger partial charge in [0, 0.05) is 32.6 Å². The summed E-state index contributed by atoms with van der Waals surface area (Å²) in [7, 11) is 1.46. The van der Waals surface area contributed by atoms with Crippen LogP contribution in [0.3, 0.4) is 0 Å². The third-order valence-electron chi connectivity index (χ3n) is 4.58. The van der Waals surface area contributed by atoms with Crippen molar-refractivity contribution in [2.24, 2.45) is 10.9 Å². The summed E-state index contributed by atoms with van der Waals surface area (Å²) in [4.78, 5) is 18.6. The summed E-state index contributed by atoms with van der Waals surface area (Å²) in [5.74, 6) is 1.78. The number of hydrogen-bond acceptors (Lipinski definition) is 4. The van der Waals surface area contributed by atoms with Crippen LogP contribution in [0.1, 0.15) is 31.7 Å². The van der Waals surface area contributed by atoms with Crippen molar-refractivity contribution in [3.63, 3.8) is 0 Å². The topological polar surface area (TPSA) is 63.2 Å². The first-order chi connectivity index (χ1) is 12.7. The number of guanidine groups is 1. The molecule has 152 valence electrons. The number of carbonyl (C=O) groups excluding carboxylic acids is 1. The molecule has 0 bridgehead atoms. The first kappa shape index (κ1) is 23.5. The molecule has 0 amide bonds. The van der Waals surface area contributed by atoms with Crippen LogP contribution < -0.4 is 10.1 Å². The van der Waals surface area contributed by atoms with Gasteiger partial charge < -0.3 is 19.7 Å². The maximum Gasteiger partial charge on any atom is 0.308 e. The third kappa shape index (κ3) is 7.56. The van der Waals surface area contributed by atoms with Crippen molar-refractivity contribution >= 4 is 35.9 Å². The lowest BCUT2D eigenvalue weighted by Gasteiger charge is -2.33. The van der Waals surface area contributed by atoms with Gasteiger partial charge in [0.25, 0.3) is 0 Å². The quantitative estimate of drug-likeness (QED) is 0.210. The largest absolute Gasteiger partial charge is 0.493 e. The van der Waals surface area contributed by atoms with Crippen LogP contribution in [0.4, 0.5) is 0 Å². The van der Waals surface area contributed by atoms with Gasteiger partial charge in [-0.25, -0.2) is 0 Å². The highest BCUT2D eigenvalue weighted by Crippen LogP contribution is 2.19. The minimum atomic E-state index is -0.0973. The smallest absolute Gasteiger partial charge is 0.308 e. The van der Waals surface area contributed by atoms with Crippen LogP contribution in [0, 0.1) is 12.8 Å². The van der Waals surface area contributed by atoms with Gasteiger partial charge in [-0.2, -0.15) is 0 Å². The fourth-order valence-electron chi connectivity index (χ4n) is 3.07. The van der Waals surface area contributed by atoms with E-state index >= 15 is 0 Å². The van der Waals surface area contributed by atoms with E-state index < -0.39 is 0 Å². The summed E-state index contributed by atoms with van der Waals surface area (Å²) >= 11 is 0. The number of ether oxygens (including phenoxy) is 2. The van der Waals surface area contributed by atoms with Crippen molar-refractivity contribution in [2.45, 2.75) is 33.1 Å². The van der Waals surface area contributed by atoms with Crippen LogP contribution in [-0.4, -0.2) is 56.7 Å². The molecule has 0 unspecified atom stereocenters. The summed E-state index contributed by atoms with van der Waals surface area (Å²) in [5, 5.41) is 3.35. The van der Waals surface area contributed by atoms with Gasteiger partial charge in [-0.3, -0.25) is 9.79 Å². The number of piperidine rings is 1. The zero-order valence-corrected chi connectivity index (χ0v) is 18.9. The number of halogens is 1. The molecular weight excluding hydrogens is 457 g/mol. The number of methoxy groups -OCH3 is 1. The molecule has 1 aromatic rings. The fraction of sp³-hybridized carbons (Fsp3) is 0.600. The molecule has 0 atom stereocenters. The average Bonchev–Trinajstić information content (AvgIpc) is 2.67. The van der Waals surface area contributed by atoms with Gasteiger partial charge in [0.15, 0.2) is 5.96 Å². The number of nitrogens with one attached hydrogen (secondary N) is 1. The number of aliphatic imine (C=N–C) groups is 1. The Morgan fingerprint density at radius 3 is 2.63 bits per heavy atom. The Morgan fingerprint density at radius 2 is 2.00 bits per heavy atom. The van der Waals surface area contributed by atoms with Crippen molar-refractivity contribution in [1.82, 2.24) is 10.2 Å². The Hall–Kier alpha value is -1.51. The summed E-state index contributed by atoms with van der Waals surface area (Å²) in [6.07, 6.45) is 2.49. The molecule has 2 rings (SSSR count). The highest BCUT2D eigenvalue weighted by molar-refractivity contribution is 14.0. The fourth-order valence-corrected chi connectivity index (χ4v) is 3.07. The Morgan fingerprint density at radius 1 is 1.30 bits per heavy atom. The van der Waals surface area contributed by atoms with Gasteiger partial charge in [-0.1, -0.05) is 18.2 Å². The summed E-state index contributed by atoms with van der Waals surface area (Å²) < 4.78 is 10.7. The zero-order chi connectivity index (χ0) is 18.8. The van der Waals surface area contributed by atoms with Crippen LogP contribution in [0.15, 0.2) is 29.3 Å². The van der Waals surface area contributed by atoms with E-state index in [4.69, 9.17) is 14.5 Å². The first-order valence-corrected chi connectivity index (χ1v) is 9.45. The normalized spacial score (nSPS) is 15.1. The van der Waals surface area contributed by atoms with Gasteiger partial charge in [-0.05, 0) is 38.3 Å². The highest BCUT2D eigenvalue weighted by atomic mass is 127. The number of nitrogens with zero attached hydrogens (tertiary/aromatic N) is 2. The summed E-state index contributed by atoms with van der Waals surface area (Å²) in [6, 6.07) is 8.04. The second-order valence-electron chi connectivity index (χ2n) is 6.49. The number of aryl methyl sites for hydroxylation is 1. The number of rotatable bonds is 7. The molecule has 1 saturated heterocycles. The molecule has 1 aliphatic heterocycles.